The highest BCUT2D eigenvalue weighted by Gasteiger charge is 2.24. The standard InChI is InChI=1S/C21H25N3O4S/c1-4-20(25)22-16-9-10-19(15(3)12-16)29(27,28)23-17-8-7-14(2)18(13-17)24-11-5-6-21(24)26/h7-10,12-13,23H,4-6,11H2,1-3H3,(H,22,25). The molecule has 2 aromatic carbocycles. The molecule has 1 heterocycles. The van der Waals surface area contributed by atoms with Gasteiger partial charge in [-0.05, 0) is 61.7 Å². The average molecular weight is 416 g/mol. The van der Waals surface area contributed by atoms with E-state index >= 15 is 0 Å². The van der Waals surface area contributed by atoms with Crippen molar-refractivity contribution in [1.82, 2.24) is 0 Å². The van der Waals surface area contributed by atoms with Crippen molar-refractivity contribution in [2.75, 3.05) is 21.5 Å². The minimum atomic E-state index is -3.83. The Kier molecular flexibility index (Phi) is 5.93. The van der Waals surface area contributed by atoms with Crippen LogP contribution in [0.5, 0.6) is 0 Å². The molecule has 0 atom stereocenters. The van der Waals surface area contributed by atoms with Gasteiger partial charge in [0.25, 0.3) is 10.0 Å². The van der Waals surface area contributed by atoms with Crippen LogP contribution in [0.3, 0.4) is 0 Å². The zero-order valence-corrected chi connectivity index (χ0v) is 17.6. The van der Waals surface area contributed by atoms with E-state index in [9.17, 15) is 18.0 Å². The van der Waals surface area contributed by atoms with Crippen LogP contribution < -0.4 is 14.9 Å². The maximum Gasteiger partial charge on any atom is 0.262 e. The molecule has 0 aliphatic carbocycles. The molecule has 7 nitrogen and oxygen atoms in total. The first-order valence-corrected chi connectivity index (χ1v) is 11.0. The number of anilines is 3. The molecule has 0 aromatic heterocycles. The van der Waals surface area contributed by atoms with Gasteiger partial charge in [0.1, 0.15) is 0 Å². The number of carbonyl (C=O) groups is 2. The third-order valence-corrected chi connectivity index (χ3v) is 6.44. The van der Waals surface area contributed by atoms with Crippen molar-refractivity contribution in [2.24, 2.45) is 0 Å². The number of hydrogen-bond donors (Lipinski definition) is 2. The van der Waals surface area contributed by atoms with Gasteiger partial charge in [-0.1, -0.05) is 13.0 Å². The van der Waals surface area contributed by atoms with Gasteiger partial charge in [0.2, 0.25) is 11.8 Å². The van der Waals surface area contributed by atoms with Crippen LogP contribution in [0.15, 0.2) is 41.3 Å². The summed E-state index contributed by atoms with van der Waals surface area (Å²) < 4.78 is 28.4. The maximum atomic E-state index is 12.9. The van der Waals surface area contributed by atoms with Crippen LogP contribution in [-0.4, -0.2) is 26.8 Å². The van der Waals surface area contributed by atoms with Crippen molar-refractivity contribution in [3.63, 3.8) is 0 Å². The Morgan fingerprint density at radius 2 is 1.79 bits per heavy atom. The summed E-state index contributed by atoms with van der Waals surface area (Å²) in [5.74, 6) is -0.0876. The van der Waals surface area contributed by atoms with Gasteiger partial charge in [-0.3, -0.25) is 14.3 Å². The number of hydrogen-bond acceptors (Lipinski definition) is 4. The average Bonchev–Trinajstić information content (AvgIpc) is 3.08. The SMILES string of the molecule is CCC(=O)Nc1ccc(S(=O)(=O)Nc2ccc(C)c(N3CCCC3=O)c2)c(C)c1. The molecule has 0 bridgehead atoms. The second-order valence-electron chi connectivity index (χ2n) is 7.14. The molecule has 2 N–H and O–H groups in total. The van der Waals surface area contributed by atoms with E-state index in [1.807, 2.05) is 6.92 Å². The van der Waals surface area contributed by atoms with Gasteiger partial charge in [0.05, 0.1) is 10.6 Å². The lowest BCUT2D eigenvalue weighted by molar-refractivity contribution is -0.117. The van der Waals surface area contributed by atoms with Crippen LogP contribution >= 0.6 is 0 Å². The third kappa shape index (κ3) is 4.59. The van der Waals surface area contributed by atoms with Crippen molar-refractivity contribution in [2.45, 2.75) is 44.9 Å². The molecule has 1 aliphatic heterocycles. The highest BCUT2D eigenvalue weighted by molar-refractivity contribution is 7.92. The molecule has 2 aromatic rings. The Hall–Kier alpha value is -2.87. The predicted octanol–water partition coefficient (Wildman–Crippen LogP) is 3.58. The summed E-state index contributed by atoms with van der Waals surface area (Å²) in [6.07, 6.45) is 1.65. The van der Waals surface area contributed by atoms with Crippen molar-refractivity contribution >= 4 is 38.9 Å². The van der Waals surface area contributed by atoms with E-state index in [1.54, 1.807) is 49.1 Å². The van der Waals surface area contributed by atoms with Crippen LogP contribution in [-0.2, 0) is 19.6 Å². The molecule has 1 fully saturated rings. The number of carbonyl (C=O) groups excluding carboxylic acids is 2. The minimum Gasteiger partial charge on any atom is -0.326 e. The Morgan fingerprint density at radius 3 is 2.41 bits per heavy atom. The van der Waals surface area contributed by atoms with E-state index in [2.05, 4.69) is 10.0 Å². The molecule has 0 unspecified atom stereocenters. The van der Waals surface area contributed by atoms with Crippen molar-refractivity contribution < 1.29 is 18.0 Å². The highest BCUT2D eigenvalue weighted by Crippen LogP contribution is 2.30. The van der Waals surface area contributed by atoms with E-state index < -0.39 is 10.0 Å². The number of nitrogens with zero attached hydrogens (tertiary/aromatic N) is 1. The fourth-order valence-corrected chi connectivity index (χ4v) is 4.63. The van der Waals surface area contributed by atoms with Gasteiger partial charge in [-0.15, -0.1) is 0 Å². The summed E-state index contributed by atoms with van der Waals surface area (Å²) in [4.78, 5) is 25.4. The fraction of sp³-hybridized carbons (Fsp3) is 0.333. The first kappa shape index (κ1) is 20.9. The monoisotopic (exact) mass is 415 g/mol. The topological polar surface area (TPSA) is 95.6 Å². The van der Waals surface area contributed by atoms with Crippen LogP contribution in [0.4, 0.5) is 17.1 Å². The Balaban J connectivity index is 1.86. The molecular formula is C21H25N3O4S. The number of nitrogens with one attached hydrogen (secondary N) is 2. The zero-order valence-electron chi connectivity index (χ0n) is 16.8. The second-order valence-corrected chi connectivity index (χ2v) is 8.79. The molecule has 1 saturated heterocycles. The number of aryl methyl sites for hydroxylation is 2. The number of rotatable bonds is 6. The smallest absolute Gasteiger partial charge is 0.262 e. The summed E-state index contributed by atoms with van der Waals surface area (Å²) in [5.41, 5.74) is 3.11. The second kappa shape index (κ2) is 8.24. The third-order valence-electron chi connectivity index (χ3n) is 4.89. The van der Waals surface area contributed by atoms with E-state index in [-0.39, 0.29) is 16.7 Å². The number of benzene rings is 2. The molecule has 0 saturated carbocycles. The molecule has 0 spiro atoms. The van der Waals surface area contributed by atoms with Crippen LogP contribution in [0.25, 0.3) is 0 Å². The van der Waals surface area contributed by atoms with E-state index in [0.29, 0.717) is 36.3 Å². The van der Waals surface area contributed by atoms with Gasteiger partial charge < -0.3 is 10.2 Å². The van der Waals surface area contributed by atoms with Gasteiger partial charge in [-0.25, -0.2) is 8.42 Å². The fourth-order valence-electron chi connectivity index (χ4n) is 3.35. The molecule has 0 radical (unpaired) electrons. The molecular weight excluding hydrogens is 390 g/mol. The van der Waals surface area contributed by atoms with E-state index in [1.165, 1.54) is 6.07 Å². The minimum absolute atomic E-state index is 0.0497. The van der Waals surface area contributed by atoms with Gasteiger partial charge in [0, 0.05) is 30.8 Å². The van der Waals surface area contributed by atoms with E-state index in [0.717, 1.165) is 17.7 Å². The molecule has 3 rings (SSSR count). The molecule has 2 amide bonds. The van der Waals surface area contributed by atoms with Gasteiger partial charge >= 0.3 is 0 Å². The van der Waals surface area contributed by atoms with Crippen LogP contribution in [0.1, 0.15) is 37.3 Å². The Bertz CT molecular complexity index is 1060. The predicted molar refractivity (Wildman–Crippen MR) is 114 cm³/mol. The lowest BCUT2D eigenvalue weighted by atomic mass is 10.1. The first-order valence-electron chi connectivity index (χ1n) is 9.55. The zero-order chi connectivity index (χ0) is 21.2. The lowest BCUT2D eigenvalue weighted by Gasteiger charge is -2.20. The quantitative estimate of drug-likeness (QED) is 0.754. The molecule has 29 heavy (non-hydrogen) atoms. The van der Waals surface area contributed by atoms with Crippen LogP contribution in [0, 0.1) is 13.8 Å². The molecule has 1 aliphatic rings. The van der Waals surface area contributed by atoms with Crippen molar-refractivity contribution in [3.8, 4) is 0 Å². The number of amides is 2. The summed E-state index contributed by atoms with van der Waals surface area (Å²) in [6.45, 7) is 5.96. The lowest BCUT2D eigenvalue weighted by Crippen LogP contribution is -2.24. The summed E-state index contributed by atoms with van der Waals surface area (Å²) in [5, 5.41) is 2.72. The Morgan fingerprint density at radius 1 is 1.07 bits per heavy atom. The number of sulfonamides is 1. The largest absolute Gasteiger partial charge is 0.326 e. The van der Waals surface area contributed by atoms with Crippen LogP contribution in [0.2, 0.25) is 0 Å². The maximum absolute atomic E-state index is 12.9. The van der Waals surface area contributed by atoms with Gasteiger partial charge in [0.15, 0.2) is 0 Å². The summed E-state index contributed by atoms with van der Waals surface area (Å²) in [7, 11) is -3.83. The summed E-state index contributed by atoms with van der Waals surface area (Å²) in [6, 6.07) is 9.85. The molecule has 154 valence electrons. The molecule has 8 heteroatoms. The highest BCUT2D eigenvalue weighted by atomic mass is 32.2. The van der Waals surface area contributed by atoms with Crippen molar-refractivity contribution in [3.05, 3.63) is 47.5 Å². The Labute approximate surface area is 171 Å². The van der Waals surface area contributed by atoms with E-state index in [4.69, 9.17) is 0 Å². The normalized spacial score (nSPS) is 14.2. The van der Waals surface area contributed by atoms with Crippen molar-refractivity contribution in [1.29, 1.82) is 0 Å². The first-order chi connectivity index (χ1) is 13.7. The summed E-state index contributed by atoms with van der Waals surface area (Å²) >= 11 is 0. The van der Waals surface area contributed by atoms with Gasteiger partial charge in [-0.2, -0.15) is 0 Å².